The molecule has 0 radical (unpaired) electrons. The van der Waals surface area contributed by atoms with Crippen molar-refractivity contribution >= 4 is 31.5 Å². The fourth-order valence-electron chi connectivity index (χ4n) is 1.89. The van der Waals surface area contributed by atoms with Gasteiger partial charge in [0.05, 0.1) is 15.1 Å². The van der Waals surface area contributed by atoms with Crippen LogP contribution in [0.1, 0.15) is 11.1 Å². The van der Waals surface area contributed by atoms with E-state index < -0.39 is 15.7 Å². The van der Waals surface area contributed by atoms with E-state index in [0.717, 1.165) is 0 Å². The molecule has 0 unspecified atom stereocenters. The highest BCUT2D eigenvalue weighted by molar-refractivity contribution is 9.10. The molecule has 0 bridgehead atoms. The van der Waals surface area contributed by atoms with Crippen LogP contribution >= 0.6 is 15.9 Å². The smallest absolute Gasteiger partial charge is 0.182 e. The summed E-state index contributed by atoms with van der Waals surface area (Å²) in [6.07, 6.45) is 0. The quantitative estimate of drug-likeness (QED) is 0.855. The van der Waals surface area contributed by atoms with Crippen molar-refractivity contribution in [2.75, 3.05) is 5.73 Å². The molecule has 3 nitrogen and oxygen atoms in total. The Morgan fingerprint density at radius 2 is 1.95 bits per heavy atom. The number of sulfone groups is 1. The minimum absolute atomic E-state index is 0.198. The summed E-state index contributed by atoms with van der Waals surface area (Å²) in [4.78, 5) is 0.206. The molecule has 2 aromatic carbocycles. The molecule has 0 aliphatic heterocycles. The molecule has 6 heteroatoms. The van der Waals surface area contributed by atoms with E-state index in [-0.39, 0.29) is 15.1 Å². The summed E-state index contributed by atoms with van der Waals surface area (Å²) in [6.45, 7) is 1.67. The zero-order valence-electron chi connectivity index (χ0n) is 10.7. The lowest BCUT2D eigenvalue weighted by molar-refractivity contribution is 0.594. The number of rotatable bonds is 3. The maximum atomic E-state index is 13.2. The predicted octanol–water partition coefficient (Wildman–Crippen LogP) is 3.45. The van der Waals surface area contributed by atoms with Crippen LogP contribution in [-0.4, -0.2) is 8.42 Å². The summed E-state index contributed by atoms with van der Waals surface area (Å²) >= 11 is 3.05. The summed E-state index contributed by atoms with van der Waals surface area (Å²) in [6, 6.07) is 8.95. The number of benzene rings is 2. The zero-order valence-corrected chi connectivity index (χ0v) is 13.1. The van der Waals surface area contributed by atoms with Crippen LogP contribution in [0.2, 0.25) is 0 Å². The maximum absolute atomic E-state index is 13.2. The van der Waals surface area contributed by atoms with E-state index in [9.17, 15) is 12.8 Å². The van der Waals surface area contributed by atoms with Crippen molar-refractivity contribution in [1.29, 1.82) is 0 Å². The molecular weight excluding hydrogens is 345 g/mol. The topological polar surface area (TPSA) is 60.2 Å². The fraction of sp³-hybridized carbons (Fsp3) is 0.143. The number of nitrogen functional groups attached to an aromatic ring is 1. The van der Waals surface area contributed by atoms with E-state index in [2.05, 4.69) is 15.9 Å². The van der Waals surface area contributed by atoms with E-state index >= 15 is 0 Å². The van der Waals surface area contributed by atoms with Gasteiger partial charge in [-0.1, -0.05) is 12.1 Å². The first kappa shape index (κ1) is 15.0. The summed E-state index contributed by atoms with van der Waals surface area (Å²) in [7, 11) is -3.52. The minimum Gasteiger partial charge on any atom is -0.398 e. The van der Waals surface area contributed by atoms with Crippen molar-refractivity contribution in [1.82, 2.24) is 0 Å². The first-order valence-electron chi connectivity index (χ1n) is 5.83. The van der Waals surface area contributed by atoms with Gasteiger partial charge in [-0.3, -0.25) is 0 Å². The highest BCUT2D eigenvalue weighted by Gasteiger charge is 2.19. The summed E-state index contributed by atoms with van der Waals surface area (Å²) in [5, 5.41) is 0. The van der Waals surface area contributed by atoms with Crippen molar-refractivity contribution in [3.05, 3.63) is 57.8 Å². The van der Waals surface area contributed by atoms with E-state index in [0.29, 0.717) is 16.8 Å². The Bertz CT molecular complexity index is 760. The third-order valence-electron chi connectivity index (χ3n) is 3.00. The molecule has 0 atom stereocenters. The molecule has 0 spiro atoms. The Balaban J connectivity index is 2.41. The van der Waals surface area contributed by atoms with Crippen LogP contribution < -0.4 is 5.73 Å². The maximum Gasteiger partial charge on any atom is 0.182 e. The number of halogens is 2. The van der Waals surface area contributed by atoms with Crippen LogP contribution in [0.15, 0.2) is 45.8 Å². The molecule has 0 fully saturated rings. The van der Waals surface area contributed by atoms with E-state index in [1.54, 1.807) is 19.1 Å². The molecule has 0 heterocycles. The summed E-state index contributed by atoms with van der Waals surface area (Å²) in [5.41, 5.74) is 7.22. The van der Waals surface area contributed by atoms with Crippen LogP contribution in [0.5, 0.6) is 0 Å². The van der Waals surface area contributed by atoms with Gasteiger partial charge in [-0.05, 0) is 58.2 Å². The fourth-order valence-corrected chi connectivity index (χ4v) is 3.97. The minimum atomic E-state index is -3.52. The zero-order chi connectivity index (χ0) is 14.9. The van der Waals surface area contributed by atoms with Gasteiger partial charge in [0, 0.05) is 5.69 Å². The van der Waals surface area contributed by atoms with Crippen LogP contribution in [0, 0.1) is 12.7 Å². The third kappa shape index (κ3) is 3.02. The van der Waals surface area contributed by atoms with Gasteiger partial charge in [0.25, 0.3) is 0 Å². The Kier molecular flexibility index (Phi) is 4.15. The van der Waals surface area contributed by atoms with Crippen LogP contribution in [0.4, 0.5) is 10.1 Å². The second kappa shape index (κ2) is 5.54. The van der Waals surface area contributed by atoms with Gasteiger partial charge in [0.15, 0.2) is 9.84 Å². The lowest BCUT2D eigenvalue weighted by Crippen LogP contribution is -2.08. The van der Waals surface area contributed by atoms with Gasteiger partial charge >= 0.3 is 0 Å². The molecule has 0 aliphatic rings. The largest absolute Gasteiger partial charge is 0.398 e. The molecule has 0 aliphatic carbocycles. The molecule has 20 heavy (non-hydrogen) atoms. The van der Waals surface area contributed by atoms with E-state index in [4.69, 9.17) is 5.73 Å². The normalized spacial score (nSPS) is 11.6. The number of hydrogen-bond acceptors (Lipinski definition) is 3. The second-order valence-electron chi connectivity index (χ2n) is 4.48. The Hall–Kier alpha value is -1.40. The second-order valence-corrected chi connectivity index (χ2v) is 7.29. The average molecular weight is 358 g/mol. The van der Waals surface area contributed by atoms with Crippen LogP contribution in [0.25, 0.3) is 0 Å². The standard InChI is InChI=1S/C14H13BrFNO2S/c1-9-13(17)3-2-4-14(9)20(18,19)8-10-5-6-12(16)11(15)7-10/h2-7H,8,17H2,1H3. The average Bonchev–Trinajstić information content (AvgIpc) is 2.36. The highest BCUT2D eigenvalue weighted by Crippen LogP contribution is 2.25. The molecule has 0 saturated carbocycles. The van der Waals surface area contributed by atoms with Crippen LogP contribution in [0.3, 0.4) is 0 Å². The lowest BCUT2D eigenvalue weighted by Gasteiger charge is -2.10. The molecule has 2 N–H and O–H groups in total. The third-order valence-corrected chi connectivity index (χ3v) is 5.44. The Morgan fingerprint density at radius 3 is 2.60 bits per heavy atom. The van der Waals surface area contributed by atoms with E-state index in [1.807, 2.05) is 0 Å². The van der Waals surface area contributed by atoms with Gasteiger partial charge in [-0.25, -0.2) is 12.8 Å². The van der Waals surface area contributed by atoms with Crippen molar-refractivity contribution in [2.45, 2.75) is 17.6 Å². The number of hydrogen-bond donors (Lipinski definition) is 1. The first-order valence-corrected chi connectivity index (χ1v) is 8.27. The van der Waals surface area contributed by atoms with Crippen molar-refractivity contribution in [3.8, 4) is 0 Å². The number of anilines is 1. The van der Waals surface area contributed by atoms with Gasteiger partial charge < -0.3 is 5.73 Å². The number of nitrogens with two attached hydrogens (primary N) is 1. The predicted molar refractivity (Wildman–Crippen MR) is 80.6 cm³/mol. The molecule has 2 rings (SSSR count). The molecule has 0 aromatic heterocycles. The van der Waals surface area contributed by atoms with Gasteiger partial charge in [0.1, 0.15) is 5.82 Å². The molecule has 2 aromatic rings. The van der Waals surface area contributed by atoms with Gasteiger partial charge in [-0.15, -0.1) is 0 Å². The monoisotopic (exact) mass is 357 g/mol. The van der Waals surface area contributed by atoms with E-state index in [1.165, 1.54) is 24.3 Å². The molecule has 106 valence electrons. The first-order chi connectivity index (χ1) is 9.31. The highest BCUT2D eigenvalue weighted by atomic mass is 79.9. The molecule has 0 amide bonds. The Morgan fingerprint density at radius 1 is 1.25 bits per heavy atom. The molecule has 0 saturated heterocycles. The van der Waals surface area contributed by atoms with Crippen molar-refractivity contribution < 1.29 is 12.8 Å². The summed E-state index contributed by atoms with van der Waals surface area (Å²) in [5.74, 6) is -0.623. The SMILES string of the molecule is Cc1c(N)cccc1S(=O)(=O)Cc1ccc(F)c(Br)c1. The lowest BCUT2D eigenvalue weighted by atomic mass is 10.2. The summed E-state index contributed by atoms with van der Waals surface area (Å²) < 4.78 is 38.2. The van der Waals surface area contributed by atoms with Crippen molar-refractivity contribution in [3.63, 3.8) is 0 Å². The Labute approximate surface area is 125 Å². The molecular formula is C14H13BrFNO2S. The van der Waals surface area contributed by atoms with Gasteiger partial charge in [-0.2, -0.15) is 0 Å². The van der Waals surface area contributed by atoms with Crippen LogP contribution in [-0.2, 0) is 15.6 Å². The van der Waals surface area contributed by atoms with Gasteiger partial charge in [0.2, 0.25) is 0 Å². The van der Waals surface area contributed by atoms with Crippen molar-refractivity contribution in [2.24, 2.45) is 0 Å².